The van der Waals surface area contributed by atoms with Gasteiger partial charge in [0, 0.05) is 49.8 Å². The van der Waals surface area contributed by atoms with Gasteiger partial charge >= 0.3 is 0 Å². The van der Waals surface area contributed by atoms with Crippen LogP contribution in [0.2, 0.25) is 0 Å². The van der Waals surface area contributed by atoms with Gasteiger partial charge in [0.2, 0.25) is 0 Å². The molecule has 0 aromatic carbocycles. The van der Waals surface area contributed by atoms with E-state index in [2.05, 4.69) is 39.1 Å². The van der Waals surface area contributed by atoms with Crippen molar-refractivity contribution in [3.8, 4) is 0 Å². The Labute approximate surface area is 166 Å². The number of nitrogens with zero attached hydrogens (tertiary/aromatic N) is 4. The lowest BCUT2D eigenvalue weighted by molar-refractivity contribution is -0.115. The van der Waals surface area contributed by atoms with Crippen LogP contribution >= 0.6 is 0 Å². The number of amides is 1. The molecule has 1 aliphatic heterocycles. The molecule has 1 aliphatic carbocycles. The van der Waals surface area contributed by atoms with E-state index < -0.39 is 0 Å². The number of hydrogen-bond acceptors (Lipinski definition) is 6. The number of rotatable bonds is 4. The number of hydrogen-bond donors (Lipinski definition) is 1. The highest BCUT2D eigenvalue weighted by Gasteiger charge is 2.26. The van der Waals surface area contributed by atoms with Crippen molar-refractivity contribution in [2.75, 3.05) is 38.1 Å². The third-order valence-electron chi connectivity index (χ3n) is 5.52. The van der Waals surface area contributed by atoms with Crippen molar-refractivity contribution in [1.82, 2.24) is 20.2 Å². The lowest BCUT2D eigenvalue weighted by atomic mass is 9.92. The summed E-state index contributed by atoms with van der Waals surface area (Å²) in [7, 11) is 2.11. The molecule has 7 heteroatoms. The van der Waals surface area contributed by atoms with Gasteiger partial charge in [-0.1, -0.05) is 11.6 Å². The molecule has 1 saturated heterocycles. The molecule has 1 N–H and O–H groups in total. The average molecular weight is 383 g/mol. The predicted octanol–water partition coefficient (Wildman–Crippen LogP) is 1.89. The van der Waals surface area contributed by atoms with Gasteiger partial charge < -0.3 is 15.1 Å². The second-order valence-corrected chi connectivity index (χ2v) is 7.91. The summed E-state index contributed by atoms with van der Waals surface area (Å²) in [5.74, 6) is 0.606. The minimum Gasteiger partial charge on any atom is -0.351 e. The minimum atomic E-state index is -0.276. The van der Waals surface area contributed by atoms with Gasteiger partial charge in [-0.2, -0.15) is 0 Å². The maximum atomic E-state index is 12.8. The first kappa shape index (κ1) is 20.2. The molecule has 0 spiro atoms. The Morgan fingerprint density at radius 1 is 1.25 bits per heavy atom. The number of ketones is 1. The molecule has 3 rings (SSSR count). The molecule has 7 nitrogen and oxygen atoms in total. The lowest BCUT2D eigenvalue weighted by Crippen LogP contribution is -2.51. The molecular weight excluding hydrogens is 354 g/mol. The van der Waals surface area contributed by atoms with Crippen LogP contribution in [-0.4, -0.2) is 65.8 Å². The minimum absolute atomic E-state index is 0.0733. The number of allylic oxidation sites excluding steroid dienone is 3. The summed E-state index contributed by atoms with van der Waals surface area (Å²) in [4.78, 5) is 38.2. The average Bonchev–Trinajstić information content (AvgIpc) is 2.61. The van der Waals surface area contributed by atoms with Gasteiger partial charge in [-0.25, -0.2) is 9.97 Å². The Hall–Kier alpha value is -2.54. The zero-order valence-electron chi connectivity index (χ0n) is 17.4. The Kier molecular flexibility index (Phi) is 5.93. The van der Waals surface area contributed by atoms with Crippen molar-refractivity contribution in [3.05, 3.63) is 40.4 Å². The molecule has 1 aromatic rings. The largest absolute Gasteiger partial charge is 0.351 e. The Morgan fingerprint density at radius 3 is 2.68 bits per heavy atom. The predicted molar refractivity (Wildman–Crippen MR) is 109 cm³/mol. The molecule has 0 saturated carbocycles. The molecule has 2 heterocycles. The molecule has 1 amide bonds. The number of anilines is 1. The SMILES string of the molecule is CC1=CC(C)=C(CNC(=O)c2ncnc(N3CCN(C)C[C@@H]3C)c2C)C(=O)C1. The Balaban J connectivity index is 1.76. The summed E-state index contributed by atoms with van der Waals surface area (Å²) in [6, 6.07) is 0.311. The normalized spacial score (nSPS) is 21.0. The van der Waals surface area contributed by atoms with Crippen molar-refractivity contribution in [2.45, 2.75) is 40.2 Å². The molecule has 150 valence electrons. The second kappa shape index (κ2) is 8.22. The van der Waals surface area contributed by atoms with Gasteiger partial charge in [0.05, 0.1) is 0 Å². The van der Waals surface area contributed by atoms with Gasteiger partial charge in [-0.05, 0) is 40.3 Å². The van der Waals surface area contributed by atoms with Crippen LogP contribution in [0.4, 0.5) is 5.82 Å². The molecule has 1 aromatic heterocycles. The van der Waals surface area contributed by atoms with Gasteiger partial charge in [0.15, 0.2) is 5.78 Å². The number of carbonyl (C=O) groups is 2. The number of piperazine rings is 1. The number of Topliss-reactive ketones (excluding diaryl/α,β-unsaturated/α-hetero) is 1. The van der Waals surface area contributed by atoms with Crippen LogP contribution in [0.25, 0.3) is 0 Å². The molecule has 2 aliphatic rings. The van der Waals surface area contributed by atoms with E-state index in [1.54, 1.807) is 0 Å². The van der Waals surface area contributed by atoms with E-state index in [1.807, 2.05) is 26.8 Å². The van der Waals surface area contributed by atoms with E-state index in [9.17, 15) is 9.59 Å². The quantitative estimate of drug-likeness (QED) is 0.855. The summed E-state index contributed by atoms with van der Waals surface area (Å²) >= 11 is 0. The molecular formula is C21H29N5O2. The maximum absolute atomic E-state index is 12.8. The Bertz CT molecular complexity index is 858. The fourth-order valence-electron chi connectivity index (χ4n) is 3.99. The smallest absolute Gasteiger partial charge is 0.270 e. The van der Waals surface area contributed by atoms with Crippen LogP contribution < -0.4 is 10.2 Å². The molecule has 28 heavy (non-hydrogen) atoms. The van der Waals surface area contributed by atoms with Crippen LogP contribution in [0.1, 0.15) is 43.2 Å². The van der Waals surface area contributed by atoms with Crippen molar-refractivity contribution in [2.24, 2.45) is 0 Å². The molecule has 0 unspecified atom stereocenters. The molecule has 0 bridgehead atoms. The highest BCUT2D eigenvalue weighted by Crippen LogP contribution is 2.24. The van der Waals surface area contributed by atoms with Crippen LogP contribution in [0.15, 0.2) is 29.1 Å². The third-order valence-corrected chi connectivity index (χ3v) is 5.52. The molecule has 1 fully saturated rings. The van der Waals surface area contributed by atoms with Crippen LogP contribution in [0.3, 0.4) is 0 Å². The zero-order chi connectivity index (χ0) is 20.4. The van der Waals surface area contributed by atoms with Gasteiger partial charge in [-0.15, -0.1) is 0 Å². The first-order chi connectivity index (χ1) is 13.3. The summed E-state index contributed by atoms with van der Waals surface area (Å²) in [5.41, 5.74) is 3.77. The van der Waals surface area contributed by atoms with Crippen molar-refractivity contribution < 1.29 is 9.59 Å². The first-order valence-electron chi connectivity index (χ1n) is 9.73. The summed E-state index contributed by atoms with van der Waals surface area (Å²) in [6.07, 6.45) is 3.87. The monoisotopic (exact) mass is 383 g/mol. The van der Waals surface area contributed by atoms with Crippen molar-refractivity contribution in [1.29, 1.82) is 0 Å². The molecule has 1 atom stereocenters. The second-order valence-electron chi connectivity index (χ2n) is 7.91. The topological polar surface area (TPSA) is 78.4 Å². The first-order valence-corrected chi connectivity index (χ1v) is 9.73. The summed E-state index contributed by atoms with van der Waals surface area (Å²) < 4.78 is 0. The van der Waals surface area contributed by atoms with Gasteiger partial charge in [-0.3, -0.25) is 9.59 Å². The number of aromatic nitrogens is 2. The fraction of sp³-hybridized carbons (Fsp3) is 0.524. The van der Waals surface area contributed by atoms with Gasteiger partial charge in [0.25, 0.3) is 5.91 Å². The summed E-state index contributed by atoms with van der Waals surface area (Å²) in [5, 5.41) is 2.87. The van der Waals surface area contributed by atoms with Crippen LogP contribution in [-0.2, 0) is 4.79 Å². The van der Waals surface area contributed by atoms with Crippen molar-refractivity contribution >= 4 is 17.5 Å². The van der Waals surface area contributed by atoms with E-state index in [-0.39, 0.29) is 18.2 Å². The van der Waals surface area contributed by atoms with Gasteiger partial charge in [0.1, 0.15) is 17.8 Å². The van der Waals surface area contributed by atoms with E-state index in [1.165, 1.54) is 6.33 Å². The maximum Gasteiger partial charge on any atom is 0.270 e. The van der Waals surface area contributed by atoms with Crippen LogP contribution in [0.5, 0.6) is 0 Å². The lowest BCUT2D eigenvalue weighted by Gasteiger charge is -2.39. The Morgan fingerprint density at radius 2 is 2.00 bits per heavy atom. The van der Waals surface area contributed by atoms with E-state index in [4.69, 9.17) is 0 Å². The highest BCUT2D eigenvalue weighted by molar-refractivity contribution is 6.01. The number of likely N-dealkylation sites (N-methyl/N-ethyl adjacent to an activating group) is 1. The van der Waals surface area contributed by atoms with Crippen molar-refractivity contribution in [3.63, 3.8) is 0 Å². The standard InChI is InChI=1S/C21H29N5O2/c1-13-8-14(2)17(18(27)9-13)10-22-21(28)19-16(4)20(24-12-23-19)26-7-6-25(5)11-15(26)3/h8,12,15H,6-7,9-11H2,1-5H3,(H,22,28)/t15-/m0/s1. The highest BCUT2D eigenvalue weighted by atomic mass is 16.2. The van der Waals surface area contributed by atoms with E-state index >= 15 is 0 Å². The van der Waals surface area contributed by atoms with E-state index in [0.717, 1.165) is 42.2 Å². The zero-order valence-corrected chi connectivity index (χ0v) is 17.4. The molecule has 0 radical (unpaired) electrons. The third kappa shape index (κ3) is 4.14. The van der Waals surface area contributed by atoms with E-state index in [0.29, 0.717) is 23.7 Å². The number of nitrogens with one attached hydrogen (secondary N) is 1. The fourth-order valence-corrected chi connectivity index (χ4v) is 3.99. The number of carbonyl (C=O) groups excluding carboxylic acids is 2. The van der Waals surface area contributed by atoms with Crippen LogP contribution in [0, 0.1) is 6.92 Å². The summed E-state index contributed by atoms with van der Waals surface area (Å²) in [6.45, 7) is 10.9.